The molecule has 2 aromatic rings. The molecule has 0 spiro atoms. The molecule has 0 aliphatic rings. The van der Waals surface area contributed by atoms with Gasteiger partial charge in [0.25, 0.3) is 5.91 Å². The number of anilines is 1. The summed E-state index contributed by atoms with van der Waals surface area (Å²) in [6.45, 7) is 0. The molecule has 0 bridgehead atoms. The molecule has 2 aromatic carbocycles. The van der Waals surface area contributed by atoms with Crippen LogP contribution < -0.4 is 14.8 Å². The number of alkyl halides is 3. The molecule has 0 atom stereocenters. The highest BCUT2D eigenvalue weighted by molar-refractivity contribution is 8.00. The van der Waals surface area contributed by atoms with E-state index in [1.165, 1.54) is 57.7 Å². The van der Waals surface area contributed by atoms with E-state index in [1.807, 2.05) is 0 Å². The number of halogens is 3. The maximum Gasteiger partial charge on any atom is 0.446 e. The highest BCUT2D eigenvalue weighted by Crippen LogP contribution is 2.37. The van der Waals surface area contributed by atoms with Gasteiger partial charge in [0, 0.05) is 22.6 Å². The summed E-state index contributed by atoms with van der Waals surface area (Å²) in [5.41, 5.74) is -4.18. The van der Waals surface area contributed by atoms with Crippen LogP contribution in [0.15, 0.2) is 41.3 Å². The number of carbonyl (C=O) groups is 2. The van der Waals surface area contributed by atoms with E-state index < -0.39 is 17.4 Å². The number of benzene rings is 2. The number of esters is 1. The first-order valence-corrected chi connectivity index (χ1v) is 8.51. The molecule has 0 saturated heterocycles. The zero-order valence-corrected chi connectivity index (χ0v) is 15.9. The second kappa shape index (κ2) is 8.87. The summed E-state index contributed by atoms with van der Waals surface area (Å²) in [5.74, 6) is -0.814. The van der Waals surface area contributed by atoms with Crippen molar-refractivity contribution < 1.29 is 37.0 Å². The number of ether oxygens (including phenoxy) is 3. The zero-order valence-electron chi connectivity index (χ0n) is 15.0. The van der Waals surface area contributed by atoms with Crippen molar-refractivity contribution in [2.45, 2.75) is 10.4 Å². The molecule has 0 saturated carbocycles. The molecule has 150 valence electrons. The summed E-state index contributed by atoms with van der Waals surface area (Å²) in [7, 11) is 3.96. The lowest BCUT2D eigenvalue weighted by Crippen LogP contribution is -2.16. The predicted octanol–water partition coefficient (Wildman–Crippen LogP) is 4.35. The van der Waals surface area contributed by atoms with Gasteiger partial charge in [0.15, 0.2) is 11.5 Å². The van der Waals surface area contributed by atoms with E-state index in [2.05, 4.69) is 5.32 Å². The van der Waals surface area contributed by atoms with Gasteiger partial charge in [0.05, 0.1) is 32.6 Å². The third kappa shape index (κ3) is 5.32. The maximum absolute atomic E-state index is 12.5. The third-order valence-electron chi connectivity index (χ3n) is 3.53. The number of carbonyl (C=O) groups excluding carboxylic acids is 2. The van der Waals surface area contributed by atoms with Crippen molar-refractivity contribution in [3.05, 3.63) is 47.5 Å². The molecular formula is C18H16F3NO5S. The Bertz CT molecular complexity index is 869. The van der Waals surface area contributed by atoms with E-state index in [9.17, 15) is 22.8 Å². The zero-order chi connectivity index (χ0) is 20.9. The van der Waals surface area contributed by atoms with Crippen LogP contribution in [0, 0.1) is 0 Å². The minimum Gasteiger partial charge on any atom is -0.493 e. The summed E-state index contributed by atoms with van der Waals surface area (Å²) in [4.78, 5) is 24.4. The highest BCUT2D eigenvalue weighted by atomic mass is 32.2. The van der Waals surface area contributed by atoms with Crippen LogP contribution in [0.1, 0.15) is 20.7 Å². The van der Waals surface area contributed by atoms with Crippen molar-refractivity contribution in [2.75, 3.05) is 26.6 Å². The van der Waals surface area contributed by atoms with Crippen LogP contribution in [0.4, 0.5) is 18.9 Å². The van der Waals surface area contributed by atoms with E-state index in [1.54, 1.807) is 0 Å². The quantitative estimate of drug-likeness (QED) is 0.559. The highest BCUT2D eigenvalue weighted by Gasteiger charge is 2.29. The van der Waals surface area contributed by atoms with Gasteiger partial charge in [-0.15, -0.1) is 0 Å². The van der Waals surface area contributed by atoms with E-state index in [-0.39, 0.29) is 45.0 Å². The molecule has 2 rings (SSSR count). The lowest BCUT2D eigenvalue weighted by atomic mass is 10.1. The van der Waals surface area contributed by atoms with Gasteiger partial charge in [0.2, 0.25) is 0 Å². The van der Waals surface area contributed by atoms with Gasteiger partial charge in [-0.05, 0) is 36.0 Å². The molecule has 6 nitrogen and oxygen atoms in total. The average Bonchev–Trinajstić information content (AvgIpc) is 2.66. The second-order valence-electron chi connectivity index (χ2n) is 5.27. The fourth-order valence-electron chi connectivity index (χ4n) is 2.26. The Morgan fingerprint density at radius 1 is 0.964 bits per heavy atom. The van der Waals surface area contributed by atoms with E-state index in [0.29, 0.717) is 0 Å². The van der Waals surface area contributed by atoms with E-state index in [0.717, 1.165) is 0 Å². The Hall–Kier alpha value is -2.88. The number of thioether (sulfide) groups is 1. The van der Waals surface area contributed by atoms with Gasteiger partial charge in [-0.3, -0.25) is 4.79 Å². The average molecular weight is 415 g/mol. The van der Waals surface area contributed by atoms with Crippen LogP contribution in [0.5, 0.6) is 11.5 Å². The Morgan fingerprint density at radius 3 is 2.04 bits per heavy atom. The summed E-state index contributed by atoms with van der Waals surface area (Å²) >= 11 is -0.280. The van der Waals surface area contributed by atoms with Crippen LogP contribution in [0.2, 0.25) is 0 Å². The Balaban J connectivity index is 2.30. The number of rotatable bonds is 6. The van der Waals surface area contributed by atoms with Gasteiger partial charge in [-0.1, -0.05) is 0 Å². The predicted molar refractivity (Wildman–Crippen MR) is 97.2 cm³/mol. The van der Waals surface area contributed by atoms with Crippen molar-refractivity contribution >= 4 is 29.3 Å². The molecule has 0 radical (unpaired) electrons. The minimum absolute atomic E-state index is 0.0257. The van der Waals surface area contributed by atoms with Crippen LogP contribution in [-0.2, 0) is 4.74 Å². The molecule has 28 heavy (non-hydrogen) atoms. The van der Waals surface area contributed by atoms with Crippen molar-refractivity contribution in [1.82, 2.24) is 0 Å². The topological polar surface area (TPSA) is 73.9 Å². The fraction of sp³-hybridized carbons (Fsp3) is 0.222. The summed E-state index contributed by atoms with van der Waals surface area (Å²) < 4.78 is 52.2. The molecule has 0 aromatic heterocycles. The summed E-state index contributed by atoms with van der Waals surface area (Å²) in [6, 6.07) is 7.61. The minimum atomic E-state index is -4.42. The lowest BCUT2D eigenvalue weighted by Gasteiger charge is -2.15. The Kier molecular flexibility index (Phi) is 6.79. The van der Waals surface area contributed by atoms with Gasteiger partial charge >= 0.3 is 11.5 Å². The standard InChI is InChI=1S/C18H16F3NO5S/c1-25-14-8-12(17(24)27-3)13(9-15(14)26-2)22-16(23)10-4-6-11(7-5-10)28-18(19,20)21/h4-9H,1-3H3,(H,22,23). The van der Waals surface area contributed by atoms with Crippen LogP contribution in [0.25, 0.3) is 0 Å². The largest absolute Gasteiger partial charge is 0.493 e. The number of amides is 1. The molecule has 0 aliphatic heterocycles. The smallest absolute Gasteiger partial charge is 0.446 e. The molecule has 10 heteroatoms. The van der Waals surface area contributed by atoms with Crippen LogP contribution >= 0.6 is 11.8 Å². The monoisotopic (exact) mass is 415 g/mol. The second-order valence-corrected chi connectivity index (χ2v) is 6.41. The third-order valence-corrected chi connectivity index (χ3v) is 4.27. The van der Waals surface area contributed by atoms with Gasteiger partial charge in [0.1, 0.15) is 0 Å². The van der Waals surface area contributed by atoms with Crippen LogP contribution in [0.3, 0.4) is 0 Å². The number of hydrogen-bond acceptors (Lipinski definition) is 6. The van der Waals surface area contributed by atoms with Crippen molar-refractivity contribution in [2.24, 2.45) is 0 Å². The van der Waals surface area contributed by atoms with E-state index in [4.69, 9.17) is 14.2 Å². The summed E-state index contributed by atoms with van der Waals surface area (Å²) in [6.07, 6.45) is 0. The van der Waals surface area contributed by atoms with Gasteiger partial charge in [-0.2, -0.15) is 13.2 Å². The lowest BCUT2D eigenvalue weighted by molar-refractivity contribution is -0.0328. The van der Waals surface area contributed by atoms with Crippen molar-refractivity contribution in [3.8, 4) is 11.5 Å². The molecule has 1 N–H and O–H groups in total. The molecule has 0 aliphatic carbocycles. The maximum atomic E-state index is 12.5. The normalized spacial score (nSPS) is 10.9. The first-order valence-electron chi connectivity index (χ1n) is 7.70. The van der Waals surface area contributed by atoms with Gasteiger partial charge in [-0.25, -0.2) is 4.79 Å². The Morgan fingerprint density at radius 2 is 1.54 bits per heavy atom. The first kappa shape index (κ1) is 21.4. The molecule has 1 amide bonds. The molecule has 0 unspecified atom stereocenters. The molecule has 0 fully saturated rings. The number of methoxy groups -OCH3 is 3. The number of hydrogen-bond donors (Lipinski definition) is 1. The summed E-state index contributed by atoms with van der Waals surface area (Å²) in [5, 5.41) is 2.53. The molecular weight excluding hydrogens is 399 g/mol. The van der Waals surface area contributed by atoms with Gasteiger partial charge < -0.3 is 19.5 Å². The Labute approximate surface area is 163 Å². The first-order chi connectivity index (χ1) is 13.2. The van der Waals surface area contributed by atoms with E-state index >= 15 is 0 Å². The van der Waals surface area contributed by atoms with Crippen LogP contribution in [-0.4, -0.2) is 38.7 Å². The fourth-order valence-corrected chi connectivity index (χ4v) is 2.80. The van der Waals surface area contributed by atoms with Crippen molar-refractivity contribution in [3.63, 3.8) is 0 Å². The van der Waals surface area contributed by atoms with Crippen molar-refractivity contribution in [1.29, 1.82) is 0 Å². The SMILES string of the molecule is COC(=O)c1cc(OC)c(OC)cc1NC(=O)c1ccc(SC(F)(F)F)cc1. The number of nitrogens with one attached hydrogen (secondary N) is 1. The molecule has 0 heterocycles.